The average Bonchev–Trinajstić information content (AvgIpc) is 2.80. The van der Waals surface area contributed by atoms with E-state index in [0.29, 0.717) is 6.61 Å². The lowest BCUT2D eigenvalue weighted by Crippen LogP contribution is -2.26. The number of rotatable bonds is 2. The smallest absolute Gasteiger partial charge is 0.354 e. The summed E-state index contributed by atoms with van der Waals surface area (Å²) in [6.07, 6.45) is 2.03. The molecule has 0 saturated carbocycles. The molecular formula is C15H12BFO. The van der Waals surface area contributed by atoms with Crippen LogP contribution in [-0.4, -0.2) is 6.92 Å². The first kappa shape index (κ1) is 11.2. The summed E-state index contributed by atoms with van der Waals surface area (Å²) in [6.45, 7) is 0.414. The van der Waals surface area contributed by atoms with Crippen molar-refractivity contribution in [2.75, 3.05) is 0 Å². The van der Waals surface area contributed by atoms with Crippen molar-refractivity contribution in [2.24, 2.45) is 0 Å². The Balaban J connectivity index is 1.83. The monoisotopic (exact) mass is 238 g/mol. The van der Waals surface area contributed by atoms with Crippen LogP contribution in [0.1, 0.15) is 11.1 Å². The molecule has 0 bridgehead atoms. The van der Waals surface area contributed by atoms with Gasteiger partial charge in [-0.25, -0.2) is 4.39 Å². The molecule has 1 aliphatic heterocycles. The zero-order chi connectivity index (χ0) is 12.4. The zero-order valence-corrected chi connectivity index (χ0v) is 9.84. The number of hydrogen-bond acceptors (Lipinski definition) is 1. The maximum absolute atomic E-state index is 13.1. The molecule has 88 valence electrons. The predicted octanol–water partition coefficient (Wildman–Crippen LogP) is 2.81. The van der Waals surface area contributed by atoms with E-state index in [0.717, 1.165) is 16.6 Å². The summed E-state index contributed by atoms with van der Waals surface area (Å²) in [5.41, 5.74) is 3.14. The van der Waals surface area contributed by atoms with E-state index in [1.165, 1.54) is 6.07 Å². The number of fused-ring (bicyclic) bond motifs is 1. The lowest BCUT2D eigenvalue weighted by Gasteiger charge is -2.00. The topological polar surface area (TPSA) is 9.23 Å². The van der Waals surface area contributed by atoms with Crippen molar-refractivity contribution in [3.63, 3.8) is 0 Å². The Hall–Kier alpha value is -1.87. The second kappa shape index (κ2) is 4.79. The van der Waals surface area contributed by atoms with Crippen molar-refractivity contribution in [3.8, 4) is 0 Å². The van der Waals surface area contributed by atoms with Crippen molar-refractivity contribution < 1.29 is 9.04 Å². The van der Waals surface area contributed by atoms with E-state index in [1.54, 1.807) is 12.1 Å². The first-order valence-electron chi connectivity index (χ1n) is 5.96. The van der Waals surface area contributed by atoms with Gasteiger partial charge in [-0.1, -0.05) is 48.4 Å². The van der Waals surface area contributed by atoms with Crippen molar-refractivity contribution in [3.05, 3.63) is 71.5 Å². The fourth-order valence-corrected chi connectivity index (χ4v) is 2.17. The molecule has 3 rings (SSSR count). The Kier molecular flexibility index (Phi) is 2.99. The molecule has 0 unspecified atom stereocenters. The molecule has 0 N–H and O–H groups in total. The number of benzene rings is 2. The highest BCUT2D eigenvalue weighted by Gasteiger charge is 2.25. The van der Waals surface area contributed by atoms with Gasteiger partial charge in [0.1, 0.15) is 5.82 Å². The summed E-state index contributed by atoms with van der Waals surface area (Å²) in [6, 6.07) is 14.9. The molecular weight excluding hydrogens is 226 g/mol. The van der Waals surface area contributed by atoms with E-state index in [9.17, 15) is 4.39 Å². The third kappa shape index (κ3) is 2.22. The number of hydrogen-bond donors (Lipinski definition) is 0. The molecule has 0 atom stereocenters. The average molecular weight is 238 g/mol. The van der Waals surface area contributed by atoms with Gasteiger partial charge in [-0.2, -0.15) is 0 Å². The molecule has 0 aromatic heterocycles. The summed E-state index contributed by atoms with van der Waals surface area (Å²) in [7, 11) is 0. The van der Waals surface area contributed by atoms with Crippen molar-refractivity contribution in [1.82, 2.24) is 0 Å². The van der Waals surface area contributed by atoms with Crippen LogP contribution in [-0.2, 0) is 11.3 Å². The van der Waals surface area contributed by atoms with E-state index in [4.69, 9.17) is 4.65 Å². The van der Waals surface area contributed by atoms with Gasteiger partial charge in [0, 0.05) is 0 Å². The highest BCUT2D eigenvalue weighted by atomic mass is 19.1. The van der Waals surface area contributed by atoms with Gasteiger partial charge in [0.15, 0.2) is 0 Å². The lowest BCUT2D eigenvalue weighted by atomic mass is 9.61. The molecule has 0 radical (unpaired) electrons. The first-order valence-corrected chi connectivity index (χ1v) is 5.96. The quantitative estimate of drug-likeness (QED) is 0.731. The van der Waals surface area contributed by atoms with Crippen molar-refractivity contribution in [1.29, 1.82) is 0 Å². The van der Waals surface area contributed by atoms with E-state index in [-0.39, 0.29) is 12.7 Å². The molecule has 0 aliphatic carbocycles. The van der Waals surface area contributed by atoms with E-state index in [1.807, 2.05) is 42.4 Å². The minimum absolute atomic E-state index is 0.0687. The summed E-state index contributed by atoms with van der Waals surface area (Å²) in [5, 5.41) is 0. The summed E-state index contributed by atoms with van der Waals surface area (Å²) >= 11 is 0. The van der Waals surface area contributed by atoms with Crippen LogP contribution in [0.4, 0.5) is 4.39 Å². The van der Waals surface area contributed by atoms with Crippen LogP contribution in [0.2, 0.25) is 0 Å². The van der Waals surface area contributed by atoms with Crippen LogP contribution >= 0.6 is 0 Å². The van der Waals surface area contributed by atoms with Crippen LogP contribution in [0.5, 0.6) is 0 Å². The SMILES string of the molecule is Fc1ccc2c(c1)COB2C=Cc1ccccc1. The second-order valence-electron chi connectivity index (χ2n) is 4.34. The second-order valence-corrected chi connectivity index (χ2v) is 4.34. The Labute approximate surface area is 106 Å². The molecule has 1 heterocycles. The Bertz CT molecular complexity index is 580. The molecule has 18 heavy (non-hydrogen) atoms. The van der Waals surface area contributed by atoms with Gasteiger partial charge in [0.05, 0.1) is 6.61 Å². The maximum Gasteiger partial charge on any atom is 0.354 e. The zero-order valence-electron chi connectivity index (χ0n) is 9.84. The van der Waals surface area contributed by atoms with Crippen LogP contribution in [0.3, 0.4) is 0 Å². The lowest BCUT2D eigenvalue weighted by molar-refractivity contribution is 0.336. The van der Waals surface area contributed by atoms with Gasteiger partial charge < -0.3 is 4.65 Å². The van der Waals surface area contributed by atoms with Gasteiger partial charge in [0.25, 0.3) is 0 Å². The normalized spacial score (nSPS) is 14.2. The predicted molar refractivity (Wildman–Crippen MR) is 72.1 cm³/mol. The Morgan fingerprint density at radius 3 is 2.78 bits per heavy atom. The summed E-state index contributed by atoms with van der Waals surface area (Å²) < 4.78 is 18.7. The standard InChI is InChI=1S/C15H12BFO/c17-14-6-7-15-13(10-14)11-18-16(15)9-8-12-4-2-1-3-5-12/h1-10H,11H2. The summed E-state index contributed by atoms with van der Waals surface area (Å²) in [5.74, 6) is 1.81. The van der Waals surface area contributed by atoms with Crippen molar-refractivity contribution >= 4 is 18.5 Å². The van der Waals surface area contributed by atoms with E-state index in [2.05, 4.69) is 0 Å². The summed E-state index contributed by atoms with van der Waals surface area (Å²) in [4.78, 5) is 0. The first-order chi connectivity index (χ1) is 8.83. The van der Waals surface area contributed by atoms with Gasteiger partial charge in [-0.3, -0.25) is 0 Å². The van der Waals surface area contributed by atoms with Crippen LogP contribution < -0.4 is 5.46 Å². The minimum atomic E-state index is -0.204. The fraction of sp³-hybridized carbons (Fsp3) is 0.0667. The largest absolute Gasteiger partial charge is 0.423 e. The molecule has 2 aromatic rings. The molecule has 0 fully saturated rings. The van der Waals surface area contributed by atoms with Gasteiger partial charge in [-0.15, -0.1) is 0 Å². The van der Waals surface area contributed by atoms with Crippen LogP contribution in [0.25, 0.3) is 6.08 Å². The highest BCUT2D eigenvalue weighted by Crippen LogP contribution is 2.14. The molecule has 0 spiro atoms. The molecule has 1 nitrogen and oxygen atoms in total. The minimum Gasteiger partial charge on any atom is -0.423 e. The highest BCUT2D eigenvalue weighted by molar-refractivity contribution is 6.74. The van der Waals surface area contributed by atoms with Crippen LogP contribution in [0, 0.1) is 5.82 Å². The number of halogens is 1. The molecule has 0 saturated heterocycles. The van der Waals surface area contributed by atoms with Gasteiger partial charge in [0.2, 0.25) is 0 Å². The van der Waals surface area contributed by atoms with E-state index >= 15 is 0 Å². The third-order valence-electron chi connectivity index (χ3n) is 3.09. The fourth-order valence-electron chi connectivity index (χ4n) is 2.17. The van der Waals surface area contributed by atoms with E-state index < -0.39 is 0 Å². The van der Waals surface area contributed by atoms with Gasteiger partial charge >= 0.3 is 6.92 Å². The molecule has 2 aromatic carbocycles. The Morgan fingerprint density at radius 1 is 1.11 bits per heavy atom. The maximum atomic E-state index is 13.1. The van der Waals surface area contributed by atoms with Crippen molar-refractivity contribution in [2.45, 2.75) is 6.61 Å². The molecule has 3 heteroatoms. The Morgan fingerprint density at radius 2 is 1.94 bits per heavy atom. The molecule has 1 aliphatic rings. The van der Waals surface area contributed by atoms with Crippen LogP contribution in [0.15, 0.2) is 54.5 Å². The van der Waals surface area contributed by atoms with Gasteiger partial charge in [-0.05, 0) is 28.7 Å². The molecule has 0 amide bonds. The third-order valence-corrected chi connectivity index (χ3v) is 3.09.